The Morgan fingerprint density at radius 2 is 1.65 bits per heavy atom. The van der Waals surface area contributed by atoms with Crippen molar-refractivity contribution in [1.29, 1.82) is 0 Å². The molecule has 4 rings (SSSR count). The Balaban J connectivity index is 1.30. The number of rotatable bonds is 7. The van der Waals surface area contributed by atoms with Gasteiger partial charge >= 0.3 is 5.97 Å². The Labute approximate surface area is 203 Å². The van der Waals surface area contributed by atoms with Crippen LogP contribution < -0.4 is 5.32 Å². The van der Waals surface area contributed by atoms with Gasteiger partial charge in [0.05, 0.1) is 11.3 Å². The fourth-order valence-electron chi connectivity index (χ4n) is 3.74. The summed E-state index contributed by atoms with van der Waals surface area (Å²) in [5.41, 5.74) is 4.55. The van der Waals surface area contributed by atoms with Crippen LogP contribution in [-0.4, -0.2) is 41.6 Å². The lowest BCUT2D eigenvalue weighted by atomic mass is 10.00. The molecule has 1 aliphatic rings. The molecule has 3 aromatic carbocycles. The average Bonchev–Trinajstić information content (AvgIpc) is 2.87. The molecule has 0 saturated heterocycles. The van der Waals surface area contributed by atoms with E-state index < -0.39 is 5.97 Å². The van der Waals surface area contributed by atoms with Gasteiger partial charge in [0.2, 0.25) is 5.91 Å². The van der Waals surface area contributed by atoms with Crippen molar-refractivity contribution in [3.63, 3.8) is 0 Å². The van der Waals surface area contributed by atoms with Crippen LogP contribution in [0.5, 0.6) is 0 Å². The molecule has 2 amide bonds. The average molecular weight is 475 g/mol. The Kier molecular flexibility index (Phi) is 7.65. The van der Waals surface area contributed by atoms with E-state index in [0.29, 0.717) is 23.5 Å². The summed E-state index contributed by atoms with van der Waals surface area (Å²) in [5.74, 6) is -0.819. The van der Waals surface area contributed by atoms with Crippen molar-refractivity contribution >= 4 is 35.2 Å². The lowest BCUT2D eigenvalue weighted by Gasteiger charge is -2.28. The van der Waals surface area contributed by atoms with Crippen LogP contribution in [-0.2, 0) is 27.3 Å². The van der Waals surface area contributed by atoms with Gasteiger partial charge < -0.3 is 15.0 Å². The molecule has 0 radical (unpaired) electrons. The first-order chi connectivity index (χ1) is 16.5. The summed E-state index contributed by atoms with van der Waals surface area (Å²) in [6, 6.07) is 22.5. The molecule has 3 aromatic rings. The van der Waals surface area contributed by atoms with Crippen LogP contribution in [0.4, 0.5) is 5.69 Å². The molecule has 1 N–H and O–H groups in total. The molecule has 0 fully saturated rings. The first-order valence-corrected chi connectivity index (χ1v) is 12.1. The maximum atomic E-state index is 12.7. The third-order valence-electron chi connectivity index (χ3n) is 5.61. The molecule has 0 atom stereocenters. The highest BCUT2D eigenvalue weighted by Crippen LogP contribution is 2.24. The van der Waals surface area contributed by atoms with Crippen molar-refractivity contribution in [2.24, 2.45) is 0 Å². The van der Waals surface area contributed by atoms with E-state index in [1.54, 1.807) is 29.2 Å². The van der Waals surface area contributed by atoms with Gasteiger partial charge in [0.25, 0.3) is 5.91 Å². The summed E-state index contributed by atoms with van der Waals surface area (Å²) in [5, 5.41) is 2.85. The Morgan fingerprint density at radius 3 is 2.44 bits per heavy atom. The second kappa shape index (κ2) is 11.0. The smallest absolute Gasteiger partial charge is 0.339 e. The molecule has 1 aliphatic heterocycles. The molecular weight excluding hydrogens is 448 g/mol. The number of hydrogen-bond acceptors (Lipinski definition) is 5. The molecule has 174 valence electrons. The van der Waals surface area contributed by atoms with Crippen molar-refractivity contribution in [1.82, 2.24) is 4.90 Å². The summed E-state index contributed by atoms with van der Waals surface area (Å²) >= 11 is 1.25. The second-order valence-electron chi connectivity index (χ2n) is 8.11. The van der Waals surface area contributed by atoms with Crippen LogP contribution >= 0.6 is 11.8 Å². The van der Waals surface area contributed by atoms with E-state index in [9.17, 15) is 14.4 Å². The molecule has 0 aliphatic carbocycles. The molecule has 0 unspecified atom stereocenters. The van der Waals surface area contributed by atoms with Crippen molar-refractivity contribution in [2.75, 3.05) is 24.2 Å². The maximum absolute atomic E-state index is 12.7. The number of carbonyl (C=O) groups is 3. The largest absolute Gasteiger partial charge is 0.452 e. The fourth-order valence-corrected chi connectivity index (χ4v) is 4.58. The number of aryl methyl sites for hydroxylation is 1. The topological polar surface area (TPSA) is 75.7 Å². The van der Waals surface area contributed by atoms with E-state index >= 15 is 0 Å². The van der Waals surface area contributed by atoms with Gasteiger partial charge in [-0.2, -0.15) is 0 Å². The minimum absolute atomic E-state index is 0.143. The molecule has 6 nitrogen and oxygen atoms in total. The number of ether oxygens (including phenoxy) is 1. The van der Waals surface area contributed by atoms with E-state index in [0.717, 1.165) is 23.2 Å². The summed E-state index contributed by atoms with van der Waals surface area (Å²) in [4.78, 5) is 40.0. The number of hydrogen-bond donors (Lipinski definition) is 1. The van der Waals surface area contributed by atoms with Crippen molar-refractivity contribution in [3.8, 4) is 0 Å². The lowest BCUT2D eigenvalue weighted by Crippen LogP contribution is -2.38. The molecule has 1 heterocycles. The normalized spacial score (nSPS) is 12.6. The number of thioether (sulfide) groups is 1. The lowest BCUT2D eigenvalue weighted by molar-refractivity contribution is -0.135. The van der Waals surface area contributed by atoms with Crippen molar-refractivity contribution in [2.45, 2.75) is 24.8 Å². The van der Waals surface area contributed by atoms with Gasteiger partial charge in [-0.1, -0.05) is 54.1 Å². The van der Waals surface area contributed by atoms with E-state index in [1.807, 2.05) is 49.4 Å². The predicted octanol–water partition coefficient (Wildman–Crippen LogP) is 4.47. The monoisotopic (exact) mass is 474 g/mol. The quantitative estimate of drug-likeness (QED) is 0.404. The SMILES string of the molecule is Cc1ccc(NC(=O)CSc2ccccc2C(=O)OCC(=O)N2CCc3ccccc3C2)cc1. The zero-order chi connectivity index (χ0) is 23.9. The van der Waals surface area contributed by atoms with Crippen molar-refractivity contribution in [3.05, 3.63) is 95.1 Å². The van der Waals surface area contributed by atoms with Crippen LogP contribution in [0.15, 0.2) is 77.7 Å². The van der Waals surface area contributed by atoms with E-state index in [2.05, 4.69) is 11.4 Å². The van der Waals surface area contributed by atoms with Crippen LogP contribution in [0.3, 0.4) is 0 Å². The van der Waals surface area contributed by atoms with E-state index in [4.69, 9.17) is 4.74 Å². The first kappa shape index (κ1) is 23.6. The minimum Gasteiger partial charge on any atom is -0.452 e. The van der Waals surface area contributed by atoms with Crippen LogP contribution in [0.2, 0.25) is 0 Å². The Morgan fingerprint density at radius 1 is 0.941 bits per heavy atom. The van der Waals surface area contributed by atoms with Crippen LogP contribution in [0, 0.1) is 6.92 Å². The van der Waals surface area contributed by atoms with E-state index in [-0.39, 0.29) is 24.2 Å². The summed E-state index contributed by atoms with van der Waals surface area (Å²) in [6.07, 6.45) is 0.792. The van der Waals surface area contributed by atoms with E-state index in [1.165, 1.54) is 17.3 Å². The van der Waals surface area contributed by atoms with Crippen molar-refractivity contribution < 1.29 is 19.1 Å². The first-order valence-electron chi connectivity index (χ1n) is 11.1. The minimum atomic E-state index is -0.576. The number of esters is 1. The van der Waals surface area contributed by atoms with Gasteiger partial charge in [0.15, 0.2) is 6.61 Å². The standard InChI is InChI=1S/C27H26N2O4S/c1-19-10-12-22(13-11-19)28-25(30)18-34-24-9-5-4-8-23(24)27(32)33-17-26(31)29-15-14-20-6-2-3-7-21(20)16-29/h2-13H,14-18H2,1H3,(H,28,30). The number of amides is 2. The molecule has 0 aromatic heterocycles. The van der Waals surface area contributed by atoms with Crippen LogP contribution in [0.1, 0.15) is 27.0 Å². The predicted molar refractivity (Wildman–Crippen MR) is 133 cm³/mol. The summed E-state index contributed by atoms with van der Waals surface area (Å²) in [7, 11) is 0. The number of anilines is 1. The third-order valence-corrected chi connectivity index (χ3v) is 6.68. The molecule has 34 heavy (non-hydrogen) atoms. The second-order valence-corrected chi connectivity index (χ2v) is 9.13. The highest BCUT2D eigenvalue weighted by atomic mass is 32.2. The number of fused-ring (bicyclic) bond motifs is 1. The Hall–Kier alpha value is -3.58. The number of nitrogens with zero attached hydrogens (tertiary/aromatic N) is 1. The number of nitrogens with one attached hydrogen (secondary N) is 1. The van der Waals surface area contributed by atoms with Gasteiger partial charge in [0.1, 0.15) is 0 Å². The van der Waals surface area contributed by atoms with Gasteiger partial charge in [-0.3, -0.25) is 9.59 Å². The molecule has 0 bridgehead atoms. The molecule has 0 saturated carbocycles. The third kappa shape index (κ3) is 6.05. The highest BCUT2D eigenvalue weighted by molar-refractivity contribution is 8.00. The number of benzene rings is 3. The fraction of sp³-hybridized carbons (Fsp3) is 0.222. The number of carbonyl (C=O) groups excluding carboxylic acids is 3. The summed E-state index contributed by atoms with van der Waals surface area (Å²) in [6.45, 7) is 2.80. The maximum Gasteiger partial charge on any atom is 0.339 e. The summed E-state index contributed by atoms with van der Waals surface area (Å²) < 4.78 is 5.34. The zero-order valence-corrected chi connectivity index (χ0v) is 19.8. The zero-order valence-electron chi connectivity index (χ0n) is 19.0. The van der Waals surface area contributed by atoms with Crippen LogP contribution in [0.25, 0.3) is 0 Å². The van der Waals surface area contributed by atoms with Gasteiger partial charge in [0, 0.05) is 23.7 Å². The molecular formula is C27H26N2O4S. The Bertz CT molecular complexity index is 1190. The highest BCUT2D eigenvalue weighted by Gasteiger charge is 2.22. The van der Waals surface area contributed by atoms with Gasteiger partial charge in [-0.05, 0) is 48.7 Å². The molecule has 0 spiro atoms. The van der Waals surface area contributed by atoms with Gasteiger partial charge in [-0.25, -0.2) is 4.79 Å². The molecule has 7 heteroatoms. The van der Waals surface area contributed by atoms with Gasteiger partial charge in [-0.15, -0.1) is 11.8 Å².